The third kappa shape index (κ3) is 2.99. The third-order valence-electron chi connectivity index (χ3n) is 4.17. The van der Waals surface area contributed by atoms with Crippen LogP contribution in [0, 0.1) is 0 Å². The summed E-state index contributed by atoms with van der Waals surface area (Å²) in [6.07, 6.45) is 0. The molecule has 1 aliphatic rings. The van der Waals surface area contributed by atoms with Crippen molar-refractivity contribution >= 4 is 44.4 Å². The number of anilines is 1. The predicted octanol–water partition coefficient (Wildman–Crippen LogP) is 4.12. The highest BCUT2D eigenvalue weighted by Gasteiger charge is 2.18. The van der Waals surface area contributed by atoms with E-state index in [-0.39, 0.29) is 0 Å². The summed E-state index contributed by atoms with van der Waals surface area (Å²) in [4.78, 5) is 11.9. The smallest absolute Gasteiger partial charge is 0.226 e. The Hall–Kier alpha value is -1.69. The highest BCUT2D eigenvalue weighted by Crippen LogP contribution is 2.34. The fourth-order valence-electron chi connectivity index (χ4n) is 2.95. The van der Waals surface area contributed by atoms with Gasteiger partial charge in [-0.1, -0.05) is 45.7 Å². The molecule has 4 nitrogen and oxygen atoms in total. The minimum absolute atomic E-state index is 0.698. The first-order valence-electron chi connectivity index (χ1n) is 7.90. The van der Waals surface area contributed by atoms with Crippen LogP contribution in [0.4, 0.5) is 5.95 Å². The first kappa shape index (κ1) is 15.8. The Kier molecular flexibility index (Phi) is 4.39. The Morgan fingerprint density at radius 2 is 1.83 bits per heavy atom. The van der Waals surface area contributed by atoms with E-state index in [0.717, 1.165) is 58.8 Å². The van der Waals surface area contributed by atoms with Crippen LogP contribution in [0.15, 0.2) is 46.9 Å². The molecular formula is C18H16BrClN4. The van der Waals surface area contributed by atoms with E-state index in [0.29, 0.717) is 5.02 Å². The maximum absolute atomic E-state index is 6.44. The number of benzene rings is 2. The van der Waals surface area contributed by atoms with Gasteiger partial charge in [-0.25, -0.2) is 9.97 Å². The van der Waals surface area contributed by atoms with E-state index < -0.39 is 0 Å². The predicted molar refractivity (Wildman–Crippen MR) is 103 cm³/mol. The summed E-state index contributed by atoms with van der Waals surface area (Å²) in [5.74, 6) is 0.765. The summed E-state index contributed by atoms with van der Waals surface area (Å²) >= 11 is 9.99. The van der Waals surface area contributed by atoms with Gasteiger partial charge >= 0.3 is 0 Å². The molecule has 0 unspecified atom stereocenters. The number of halogens is 2. The molecule has 2 aromatic carbocycles. The number of hydrogen-bond acceptors (Lipinski definition) is 4. The zero-order valence-electron chi connectivity index (χ0n) is 13.0. The van der Waals surface area contributed by atoms with Crippen LogP contribution in [-0.2, 0) is 0 Å². The van der Waals surface area contributed by atoms with Gasteiger partial charge in [-0.3, -0.25) is 0 Å². The van der Waals surface area contributed by atoms with Crippen molar-refractivity contribution in [2.24, 2.45) is 0 Å². The van der Waals surface area contributed by atoms with E-state index in [1.165, 1.54) is 0 Å². The second kappa shape index (κ2) is 6.67. The lowest BCUT2D eigenvalue weighted by Gasteiger charge is -2.28. The Labute approximate surface area is 154 Å². The Bertz CT molecular complexity index is 893. The van der Waals surface area contributed by atoms with Crippen LogP contribution in [0.2, 0.25) is 5.02 Å². The third-order valence-corrected chi connectivity index (χ3v) is 5.00. The van der Waals surface area contributed by atoms with Crippen LogP contribution < -0.4 is 10.2 Å². The standard InChI is InChI=1S/C18H16BrClN4/c19-12-5-6-16-14(11-12)17(13-3-1-2-4-15(13)20)23-18(22-16)24-9-7-21-8-10-24/h1-6,11,21H,7-10H2. The van der Waals surface area contributed by atoms with Gasteiger partial charge in [0.25, 0.3) is 0 Å². The van der Waals surface area contributed by atoms with E-state index >= 15 is 0 Å². The largest absolute Gasteiger partial charge is 0.338 e. The molecule has 2 heterocycles. The topological polar surface area (TPSA) is 41.1 Å². The Morgan fingerprint density at radius 3 is 2.62 bits per heavy atom. The molecule has 1 N–H and O–H groups in total. The van der Waals surface area contributed by atoms with Gasteiger partial charge in [-0.15, -0.1) is 0 Å². The summed E-state index contributed by atoms with van der Waals surface area (Å²) in [5.41, 5.74) is 2.73. The van der Waals surface area contributed by atoms with Crippen LogP contribution in [0.5, 0.6) is 0 Å². The molecule has 0 amide bonds. The number of nitrogens with one attached hydrogen (secondary N) is 1. The SMILES string of the molecule is Clc1ccccc1-c1nc(N2CCNCC2)nc2ccc(Br)cc12. The Morgan fingerprint density at radius 1 is 1.04 bits per heavy atom. The highest BCUT2D eigenvalue weighted by molar-refractivity contribution is 9.10. The van der Waals surface area contributed by atoms with Crippen LogP contribution in [0.25, 0.3) is 22.2 Å². The lowest BCUT2D eigenvalue weighted by Crippen LogP contribution is -2.44. The molecule has 1 saturated heterocycles. The van der Waals surface area contributed by atoms with Crippen molar-refractivity contribution in [3.63, 3.8) is 0 Å². The lowest BCUT2D eigenvalue weighted by molar-refractivity contribution is 0.581. The normalized spacial score (nSPS) is 15.0. The van der Waals surface area contributed by atoms with Crippen molar-refractivity contribution in [2.75, 3.05) is 31.1 Å². The summed E-state index contributed by atoms with van der Waals surface area (Å²) in [7, 11) is 0. The van der Waals surface area contributed by atoms with E-state index in [1.54, 1.807) is 0 Å². The summed E-state index contributed by atoms with van der Waals surface area (Å²) in [5, 5.41) is 5.05. The first-order valence-corrected chi connectivity index (χ1v) is 9.07. The van der Waals surface area contributed by atoms with Crippen LogP contribution >= 0.6 is 27.5 Å². The zero-order valence-corrected chi connectivity index (χ0v) is 15.3. The summed E-state index contributed by atoms with van der Waals surface area (Å²) in [6, 6.07) is 13.9. The van der Waals surface area contributed by atoms with Gasteiger partial charge in [0.2, 0.25) is 5.95 Å². The van der Waals surface area contributed by atoms with Crippen LogP contribution in [0.1, 0.15) is 0 Å². The van der Waals surface area contributed by atoms with Gasteiger partial charge in [0.05, 0.1) is 11.2 Å². The average molecular weight is 404 g/mol. The van der Waals surface area contributed by atoms with Crippen molar-refractivity contribution in [1.82, 2.24) is 15.3 Å². The number of fused-ring (bicyclic) bond motifs is 1. The first-order chi connectivity index (χ1) is 11.7. The minimum atomic E-state index is 0.698. The number of nitrogens with zero attached hydrogens (tertiary/aromatic N) is 3. The van der Waals surface area contributed by atoms with Crippen molar-refractivity contribution in [1.29, 1.82) is 0 Å². The van der Waals surface area contributed by atoms with Gasteiger partial charge in [-0.05, 0) is 24.3 Å². The average Bonchev–Trinajstić information content (AvgIpc) is 2.62. The number of hydrogen-bond donors (Lipinski definition) is 1. The van der Waals surface area contributed by atoms with Crippen molar-refractivity contribution < 1.29 is 0 Å². The molecule has 1 aliphatic heterocycles. The van der Waals surface area contributed by atoms with E-state index in [9.17, 15) is 0 Å². The Balaban J connectivity index is 1.95. The monoisotopic (exact) mass is 402 g/mol. The molecule has 0 saturated carbocycles. The second-order valence-corrected chi connectivity index (χ2v) is 7.07. The van der Waals surface area contributed by atoms with E-state index in [1.807, 2.05) is 36.4 Å². The molecule has 0 radical (unpaired) electrons. The maximum Gasteiger partial charge on any atom is 0.226 e. The molecule has 3 aromatic rings. The quantitative estimate of drug-likeness (QED) is 0.699. The van der Waals surface area contributed by atoms with Gasteiger partial charge < -0.3 is 10.2 Å². The minimum Gasteiger partial charge on any atom is -0.338 e. The number of aromatic nitrogens is 2. The van der Waals surface area contributed by atoms with Gasteiger partial charge in [-0.2, -0.15) is 0 Å². The fourth-order valence-corrected chi connectivity index (χ4v) is 3.54. The van der Waals surface area contributed by atoms with E-state index in [4.69, 9.17) is 21.6 Å². The molecule has 0 aliphatic carbocycles. The zero-order chi connectivity index (χ0) is 16.5. The number of rotatable bonds is 2. The molecule has 122 valence electrons. The molecule has 0 spiro atoms. The van der Waals surface area contributed by atoms with Crippen molar-refractivity contribution in [2.45, 2.75) is 0 Å². The molecular weight excluding hydrogens is 388 g/mol. The summed E-state index contributed by atoms with van der Waals surface area (Å²) < 4.78 is 1.00. The van der Waals surface area contributed by atoms with E-state index in [2.05, 4.69) is 32.2 Å². The van der Waals surface area contributed by atoms with Crippen LogP contribution in [-0.4, -0.2) is 36.1 Å². The molecule has 24 heavy (non-hydrogen) atoms. The lowest BCUT2D eigenvalue weighted by atomic mass is 10.1. The van der Waals surface area contributed by atoms with Crippen LogP contribution in [0.3, 0.4) is 0 Å². The molecule has 0 atom stereocenters. The highest BCUT2D eigenvalue weighted by atomic mass is 79.9. The van der Waals surface area contributed by atoms with Gasteiger partial charge in [0.1, 0.15) is 0 Å². The van der Waals surface area contributed by atoms with Gasteiger partial charge in [0, 0.05) is 46.6 Å². The molecule has 4 rings (SSSR count). The second-order valence-electron chi connectivity index (χ2n) is 5.75. The molecule has 1 aromatic heterocycles. The number of piperazine rings is 1. The van der Waals surface area contributed by atoms with Crippen molar-refractivity contribution in [3.05, 3.63) is 52.0 Å². The fraction of sp³-hybridized carbons (Fsp3) is 0.222. The molecule has 6 heteroatoms. The van der Waals surface area contributed by atoms with Crippen molar-refractivity contribution in [3.8, 4) is 11.3 Å². The molecule has 1 fully saturated rings. The summed E-state index contributed by atoms with van der Waals surface area (Å²) in [6.45, 7) is 3.71. The maximum atomic E-state index is 6.44. The van der Waals surface area contributed by atoms with Gasteiger partial charge in [0.15, 0.2) is 0 Å². The molecule has 0 bridgehead atoms.